The molecule has 0 radical (unpaired) electrons. The molecule has 0 saturated carbocycles. The van der Waals surface area contributed by atoms with Crippen LogP contribution in [-0.2, 0) is 16.0 Å². The van der Waals surface area contributed by atoms with Gasteiger partial charge < -0.3 is 10.6 Å². The minimum atomic E-state index is -0.257. The fraction of sp³-hybridized carbons (Fsp3) is 0.222. The Bertz CT molecular complexity index is 729. The molecule has 0 aliphatic rings. The van der Waals surface area contributed by atoms with E-state index in [-0.39, 0.29) is 24.8 Å². The third-order valence-corrected chi connectivity index (χ3v) is 4.11. The maximum absolute atomic E-state index is 11.9. The Morgan fingerprint density at radius 1 is 1.04 bits per heavy atom. The quantitative estimate of drug-likeness (QED) is 0.842. The van der Waals surface area contributed by atoms with Crippen molar-refractivity contribution < 1.29 is 9.59 Å². The Labute approximate surface area is 144 Å². The van der Waals surface area contributed by atoms with E-state index < -0.39 is 0 Å². The number of amides is 2. The number of rotatable bonds is 5. The highest BCUT2D eigenvalue weighted by Gasteiger charge is 2.09. The van der Waals surface area contributed by atoms with Gasteiger partial charge in [0.2, 0.25) is 11.8 Å². The van der Waals surface area contributed by atoms with Crippen molar-refractivity contribution >= 4 is 33.4 Å². The lowest BCUT2D eigenvalue weighted by Crippen LogP contribution is -2.34. The molecule has 2 rings (SSSR count). The largest absolute Gasteiger partial charge is 0.347 e. The van der Waals surface area contributed by atoms with Gasteiger partial charge in [0.1, 0.15) is 0 Å². The molecule has 0 spiro atoms. The van der Waals surface area contributed by atoms with Crippen LogP contribution in [0.2, 0.25) is 0 Å². The maximum Gasteiger partial charge on any atom is 0.243 e. The predicted octanol–water partition coefficient (Wildman–Crippen LogP) is 3.36. The zero-order valence-corrected chi connectivity index (χ0v) is 14.7. The minimum Gasteiger partial charge on any atom is -0.347 e. The number of halogens is 1. The van der Waals surface area contributed by atoms with E-state index in [1.165, 1.54) is 0 Å². The molecule has 0 aliphatic heterocycles. The molecule has 0 unspecified atom stereocenters. The van der Waals surface area contributed by atoms with Crippen LogP contribution in [0.15, 0.2) is 46.9 Å². The van der Waals surface area contributed by atoms with Gasteiger partial charge in [0.25, 0.3) is 0 Å². The van der Waals surface area contributed by atoms with Crippen molar-refractivity contribution in [3.05, 3.63) is 63.6 Å². The fourth-order valence-corrected chi connectivity index (χ4v) is 2.73. The summed E-state index contributed by atoms with van der Waals surface area (Å²) in [5.74, 6) is -0.426. The number of nitrogens with one attached hydrogen (secondary N) is 2. The topological polar surface area (TPSA) is 58.2 Å². The standard InChI is InChI=1S/C18H19BrN2O2/c1-12-7-8-16(15(19)9-12)21-18(23)11-20-17(22)10-14-6-4-3-5-13(14)2/h3-9H,10-11H2,1-2H3,(H,20,22)(H,21,23). The first-order valence-corrected chi connectivity index (χ1v) is 8.12. The molecule has 0 fully saturated rings. The van der Waals surface area contributed by atoms with Crippen LogP contribution in [0.4, 0.5) is 5.69 Å². The normalized spacial score (nSPS) is 10.2. The summed E-state index contributed by atoms with van der Waals surface area (Å²) < 4.78 is 0.817. The Morgan fingerprint density at radius 3 is 2.48 bits per heavy atom. The summed E-state index contributed by atoms with van der Waals surface area (Å²) in [7, 11) is 0. The predicted molar refractivity (Wildman–Crippen MR) is 95.4 cm³/mol. The Morgan fingerprint density at radius 2 is 1.78 bits per heavy atom. The molecule has 120 valence electrons. The van der Waals surface area contributed by atoms with Gasteiger partial charge in [-0.15, -0.1) is 0 Å². The first-order chi connectivity index (χ1) is 11.0. The van der Waals surface area contributed by atoms with Crippen molar-refractivity contribution in [2.24, 2.45) is 0 Å². The van der Waals surface area contributed by atoms with Gasteiger partial charge in [0.05, 0.1) is 18.7 Å². The molecule has 0 heterocycles. The first kappa shape index (κ1) is 17.2. The second-order valence-corrected chi connectivity index (χ2v) is 6.27. The molecular weight excluding hydrogens is 356 g/mol. The number of carbonyl (C=O) groups is 2. The van der Waals surface area contributed by atoms with E-state index in [1.807, 2.05) is 56.3 Å². The van der Waals surface area contributed by atoms with Crippen LogP contribution in [0.3, 0.4) is 0 Å². The number of anilines is 1. The summed E-state index contributed by atoms with van der Waals surface area (Å²) in [6.45, 7) is 3.89. The highest BCUT2D eigenvalue weighted by Crippen LogP contribution is 2.23. The maximum atomic E-state index is 11.9. The molecule has 0 aliphatic carbocycles. The number of carbonyl (C=O) groups excluding carboxylic acids is 2. The van der Waals surface area contributed by atoms with Gasteiger partial charge in [-0.2, -0.15) is 0 Å². The molecule has 2 N–H and O–H groups in total. The van der Waals surface area contributed by atoms with Gasteiger partial charge >= 0.3 is 0 Å². The highest BCUT2D eigenvalue weighted by molar-refractivity contribution is 9.10. The average Bonchev–Trinajstić information content (AvgIpc) is 2.50. The zero-order valence-electron chi connectivity index (χ0n) is 13.2. The van der Waals surface area contributed by atoms with Gasteiger partial charge in [-0.25, -0.2) is 0 Å². The van der Waals surface area contributed by atoms with Crippen LogP contribution < -0.4 is 10.6 Å². The summed E-state index contributed by atoms with van der Waals surface area (Å²) in [6.07, 6.45) is 0.272. The van der Waals surface area contributed by atoms with E-state index in [0.29, 0.717) is 5.69 Å². The molecule has 0 aromatic heterocycles. The number of aryl methyl sites for hydroxylation is 2. The first-order valence-electron chi connectivity index (χ1n) is 7.33. The summed E-state index contributed by atoms with van der Waals surface area (Å²) in [6, 6.07) is 13.4. The number of hydrogen-bond donors (Lipinski definition) is 2. The monoisotopic (exact) mass is 374 g/mol. The summed E-state index contributed by atoms with van der Waals surface area (Å²) in [5.41, 5.74) is 3.82. The summed E-state index contributed by atoms with van der Waals surface area (Å²) in [4.78, 5) is 23.9. The Hall–Kier alpha value is -2.14. The van der Waals surface area contributed by atoms with Crippen molar-refractivity contribution in [2.75, 3.05) is 11.9 Å². The van der Waals surface area contributed by atoms with Crippen molar-refractivity contribution in [1.82, 2.24) is 5.32 Å². The fourth-order valence-electron chi connectivity index (χ4n) is 2.14. The van der Waals surface area contributed by atoms with Crippen LogP contribution in [0.5, 0.6) is 0 Å². The Kier molecular flexibility index (Phi) is 5.93. The van der Waals surface area contributed by atoms with Gasteiger partial charge in [0, 0.05) is 4.47 Å². The van der Waals surface area contributed by atoms with Gasteiger partial charge in [-0.05, 0) is 58.6 Å². The van der Waals surface area contributed by atoms with Crippen LogP contribution >= 0.6 is 15.9 Å². The van der Waals surface area contributed by atoms with E-state index in [0.717, 1.165) is 21.2 Å². The molecule has 5 heteroatoms. The van der Waals surface area contributed by atoms with Crippen LogP contribution in [-0.4, -0.2) is 18.4 Å². The second kappa shape index (κ2) is 7.92. The van der Waals surface area contributed by atoms with E-state index in [1.54, 1.807) is 0 Å². The molecule has 0 bridgehead atoms. The van der Waals surface area contributed by atoms with Gasteiger partial charge in [0.15, 0.2) is 0 Å². The lowest BCUT2D eigenvalue weighted by atomic mass is 10.1. The van der Waals surface area contributed by atoms with E-state index in [4.69, 9.17) is 0 Å². The van der Waals surface area contributed by atoms with Gasteiger partial charge in [-0.3, -0.25) is 9.59 Å². The van der Waals surface area contributed by atoms with Crippen LogP contribution in [0, 0.1) is 13.8 Å². The smallest absolute Gasteiger partial charge is 0.243 e. The SMILES string of the molecule is Cc1ccc(NC(=O)CNC(=O)Cc2ccccc2C)c(Br)c1. The third-order valence-electron chi connectivity index (χ3n) is 3.46. The molecular formula is C18H19BrN2O2. The van der Waals surface area contributed by atoms with Crippen molar-refractivity contribution in [3.8, 4) is 0 Å². The molecule has 2 amide bonds. The second-order valence-electron chi connectivity index (χ2n) is 5.41. The average molecular weight is 375 g/mol. The zero-order chi connectivity index (χ0) is 16.8. The van der Waals surface area contributed by atoms with Crippen LogP contribution in [0.1, 0.15) is 16.7 Å². The molecule has 23 heavy (non-hydrogen) atoms. The minimum absolute atomic E-state index is 0.0506. The van der Waals surface area contributed by atoms with Crippen LogP contribution in [0.25, 0.3) is 0 Å². The summed E-state index contributed by atoms with van der Waals surface area (Å²) >= 11 is 3.41. The van der Waals surface area contributed by atoms with Crippen molar-refractivity contribution in [3.63, 3.8) is 0 Å². The molecule has 2 aromatic carbocycles. The van der Waals surface area contributed by atoms with E-state index in [2.05, 4.69) is 26.6 Å². The third kappa shape index (κ3) is 5.21. The molecule has 0 saturated heterocycles. The molecule has 2 aromatic rings. The molecule has 0 atom stereocenters. The number of hydrogen-bond acceptors (Lipinski definition) is 2. The Balaban J connectivity index is 1.84. The lowest BCUT2D eigenvalue weighted by Gasteiger charge is -2.10. The molecule has 4 nitrogen and oxygen atoms in total. The van der Waals surface area contributed by atoms with E-state index in [9.17, 15) is 9.59 Å². The van der Waals surface area contributed by atoms with Gasteiger partial charge in [-0.1, -0.05) is 30.3 Å². The lowest BCUT2D eigenvalue weighted by molar-refractivity contribution is -0.123. The summed E-state index contributed by atoms with van der Waals surface area (Å²) in [5, 5.41) is 5.41. The highest BCUT2D eigenvalue weighted by atomic mass is 79.9. The van der Waals surface area contributed by atoms with E-state index >= 15 is 0 Å². The van der Waals surface area contributed by atoms with Crippen molar-refractivity contribution in [1.29, 1.82) is 0 Å². The van der Waals surface area contributed by atoms with Crippen molar-refractivity contribution in [2.45, 2.75) is 20.3 Å². The number of benzene rings is 2.